The Bertz CT molecular complexity index is 1680. The van der Waals surface area contributed by atoms with Gasteiger partial charge in [0.15, 0.2) is 0 Å². The lowest BCUT2D eigenvalue weighted by atomic mass is 10.0. The SMILES string of the molecule is CCNC(=O)[C@@H](NC(=O)[C@H](C)NC[C@H](Cc1ccsc1)NC(=O)c1cc(C(=O)N[C@H](C)c2ccccc2)cc(N(C)S(C)(=O)=O)c1)C(C)C. The molecule has 0 saturated heterocycles. The Hall–Kier alpha value is -4.27. The molecule has 3 aromatic rings. The van der Waals surface area contributed by atoms with Gasteiger partial charge in [-0.25, -0.2) is 8.42 Å². The molecule has 0 unspecified atom stereocenters. The van der Waals surface area contributed by atoms with Crippen molar-refractivity contribution in [3.05, 3.63) is 87.6 Å². The first-order valence-corrected chi connectivity index (χ1v) is 19.0. The van der Waals surface area contributed by atoms with E-state index in [0.29, 0.717) is 13.0 Å². The minimum Gasteiger partial charge on any atom is -0.355 e. The zero-order valence-electron chi connectivity index (χ0n) is 29.1. The van der Waals surface area contributed by atoms with Gasteiger partial charge in [0.25, 0.3) is 11.8 Å². The fourth-order valence-corrected chi connectivity index (χ4v) is 6.17. The number of amides is 4. The zero-order valence-corrected chi connectivity index (χ0v) is 30.7. The molecule has 0 aliphatic carbocycles. The highest BCUT2D eigenvalue weighted by molar-refractivity contribution is 7.92. The topological polar surface area (TPSA) is 166 Å². The average molecular weight is 713 g/mol. The van der Waals surface area contributed by atoms with Crippen LogP contribution in [0.2, 0.25) is 0 Å². The summed E-state index contributed by atoms with van der Waals surface area (Å²) in [5.74, 6) is -1.74. The highest BCUT2D eigenvalue weighted by Crippen LogP contribution is 2.22. The average Bonchev–Trinajstić information content (AvgIpc) is 3.58. The van der Waals surface area contributed by atoms with Crippen molar-refractivity contribution < 1.29 is 27.6 Å². The van der Waals surface area contributed by atoms with Gasteiger partial charge >= 0.3 is 0 Å². The van der Waals surface area contributed by atoms with E-state index in [-0.39, 0.29) is 47.1 Å². The van der Waals surface area contributed by atoms with Crippen LogP contribution in [-0.4, -0.2) is 76.6 Å². The molecule has 2 aromatic carbocycles. The molecule has 0 radical (unpaired) electrons. The van der Waals surface area contributed by atoms with Crippen molar-refractivity contribution in [2.75, 3.05) is 30.7 Å². The van der Waals surface area contributed by atoms with Gasteiger partial charge in [-0.05, 0) is 79.3 Å². The number of hydrogen-bond acceptors (Lipinski definition) is 8. The van der Waals surface area contributed by atoms with Gasteiger partial charge in [0, 0.05) is 37.3 Å². The van der Waals surface area contributed by atoms with Crippen LogP contribution in [0.15, 0.2) is 65.4 Å². The van der Waals surface area contributed by atoms with Crippen LogP contribution in [0, 0.1) is 5.92 Å². The van der Waals surface area contributed by atoms with E-state index in [1.54, 1.807) is 6.92 Å². The fourth-order valence-electron chi connectivity index (χ4n) is 5.00. The van der Waals surface area contributed by atoms with Crippen molar-refractivity contribution in [2.45, 2.75) is 65.2 Å². The van der Waals surface area contributed by atoms with E-state index < -0.39 is 40.0 Å². The number of nitrogens with zero attached hydrogens (tertiary/aromatic N) is 1. The maximum Gasteiger partial charge on any atom is 0.251 e. The molecular formula is C35H48N6O6S2. The Labute approximate surface area is 293 Å². The number of sulfonamides is 1. The largest absolute Gasteiger partial charge is 0.355 e. The summed E-state index contributed by atoms with van der Waals surface area (Å²) < 4.78 is 25.9. The third-order valence-corrected chi connectivity index (χ3v) is 9.95. The third kappa shape index (κ3) is 11.7. The normalized spacial score (nSPS) is 13.9. The highest BCUT2D eigenvalue weighted by Gasteiger charge is 2.27. The first-order valence-electron chi connectivity index (χ1n) is 16.2. The van der Waals surface area contributed by atoms with Crippen LogP contribution in [0.3, 0.4) is 0 Å². The molecule has 4 amide bonds. The molecule has 0 bridgehead atoms. The maximum absolute atomic E-state index is 13.8. The van der Waals surface area contributed by atoms with E-state index >= 15 is 0 Å². The minimum atomic E-state index is -3.72. The Balaban J connectivity index is 1.84. The van der Waals surface area contributed by atoms with Crippen LogP contribution >= 0.6 is 11.3 Å². The molecule has 14 heteroatoms. The van der Waals surface area contributed by atoms with Crippen molar-refractivity contribution in [1.82, 2.24) is 26.6 Å². The summed E-state index contributed by atoms with van der Waals surface area (Å²) in [6.45, 7) is 9.68. The van der Waals surface area contributed by atoms with E-state index in [1.165, 1.54) is 36.6 Å². The van der Waals surface area contributed by atoms with Crippen molar-refractivity contribution in [1.29, 1.82) is 0 Å². The molecule has 49 heavy (non-hydrogen) atoms. The first kappa shape index (κ1) is 39.2. The Kier molecular flexibility index (Phi) is 14.3. The molecule has 3 rings (SSSR count). The monoisotopic (exact) mass is 712 g/mol. The lowest BCUT2D eigenvalue weighted by molar-refractivity contribution is -0.130. The summed E-state index contributed by atoms with van der Waals surface area (Å²) in [5.41, 5.74) is 2.22. The first-order chi connectivity index (χ1) is 23.1. The summed E-state index contributed by atoms with van der Waals surface area (Å²) in [6.07, 6.45) is 1.48. The van der Waals surface area contributed by atoms with Gasteiger partial charge < -0.3 is 26.6 Å². The number of thiophene rings is 1. The van der Waals surface area contributed by atoms with Crippen LogP contribution in [0.5, 0.6) is 0 Å². The number of carbonyl (C=O) groups is 4. The van der Waals surface area contributed by atoms with Gasteiger partial charge in [-0.2, -0.15) is 11.3 Å². The van der Waals surface area contributed by atoms with Gasteiger partial charge in [-0.1, -0.05) is 44.2 Å². The Morgan fingerprint density at radius 1 is 0.857 bits per heavy atom. The minimum absolute atomic E-state index is 0.0911. The second-order valence-electron chi connectivity index (χ2n) is 12.4. The summed E-state index contributed by atoms with van der Waals surface area (Å²) in [6, 6.07) is 13.4. The van der Waals surface area contributed by atoms with Gasteiger partial charge in [-0.15, -0.1) is 0 Å². The fraction of sp³-hybridized carbons (Fsp3) is 0.429. The predicted molar refractivity (Wildman–Crippen MR) is 194 cm³/mol. The third-order valence-electron chi connectivity index (χ3n) is 8.01. The van der Waals surface area contributed by atoms with Crippen molar-refractivity contribution in [3.63, 3.8) is 0 Å². The molecule has 1 aromatic heterocycles. The molecule has 5 N–H and O–H groups in total. The molecule has 4 atom stereocenters. The van der Waals surface area contributed by atoms with E-state index in [4.69, 9.17) is 0 Å². The zero-order chi connectivity index (χ0) is 36.3. The van der Waals surface area contributed by atoms with Crippen LogP contribution in [0.1, 0.15) is 72.5 Å². The van der Waals surface area contributed by atoms with Gasteiger partial charge in [0.05, 0.1) is 24.0 Å². The van der Waals surface area contributed by atoms with Gasteiger partial charge in [0.2, 0.25) is 21.8 Å². The molecule has 0 aliphatic heterocycles. The van der Waals surface area contributed by atoms with Crippen molar-refractivity contribution in [2.24, 2.45) is 5.92 Å². The maximum atomic E-state index is 13.8. The smallest absolute Gasteiger partial charge is 0.251 e. The standard InChI is InChI=1S/C35H48N6O6S2/c1-8-36-35(45)31(22(2)3)40-32(42)24(5)37-20-29(16-25-14-15-48-21-25)39-34(44)28-17-27(18-30(19-28)41(6)49(7,46)47)33(43)38-23(4)26-12-10-9-11-13-26/h9-15,17-19,21-24,29,31,37H,8,16,20H2,1-7H3,(H,36,45)(H,38,43)(H,39,44)(H,40,42)/t23-,24+,29+,31+/m1/s1. The molecule has 266 valence electrons. The van der Waals surface area contributed by atoms with Crippen LogP contribution in [0.4, 0.5) is 5.69 Å². The number of nitrogens with one attached hydrogen (secondary N) is 5. The Morgan fingerprint density at radius 2 is 1.49 bits per heavy atom. The molecule has 1 heterocycles. The Morgan fingerprint density at radius 3 is 2.04 bits per heavy atom. The highest BCUT2D eigenvalue weighted by atomic mass is 32.2. The molecule has 0 spiro atoms. The van der Waals surface area contributed by atoms with Crippen LogP contribution < -0.4 is 30.9 Å². The van der Waals surface area contributed by atoms with E-state index in [1.807, 2.05) is 74.9 Å². The lowest BCUT2D eigenvalue weighted by Gasteiger charge is -2.25. The molecule has 0 aliphatic rings. The summed E-state index contributed by atoms with van der Waals surface area (Å²) >= 11 is 1.52. The number of rotatable bonds is 17. The predicted octanol–water partition coefficient (Wildman–Crippen LogP) is 3.23. The molecule has 0 saturated carbocycles. The second-order valence-corrected chi connectivity index (χ2v) is 15.2. The summed E-state index contributed by atoms with van der Waals surface area (Å²) in [5, 5.41) is 18.6. The van der Waals surface area contributed by atoms with E-state index in [9.17, 15) is 27.6 Å². The number of hydrogen-bond donors (Lipinski definition) is 5. The molecule has 12 nitrogen and oxygen atoms in total. The van der Waals surface area contributed by atoms with Crippen LogP contribution in [-0.2, 0) is 26.0 Å². The van der Waals surface area contributed by atoms with Crippen molar-refractivity contribution >= 4 is 50.7 Å². The summed E-state index contributed by atoms with van der Waals surface area (Å²) in [7, 11) is -2.36. The van der Waals surface area contributed by atoms with E-state index in [2.05, 4.69) is 26.6 Å². The van der Waals surface area contributed by atoms with Crippen LogP contribution in [0.25, 0.3) is 0 Å². The number of carbonyl (C=O) groups excluding carboxylic acids is 4. The summed E-state index contributed by atoms with van der Waals surface area (Å²) in [4.78, 5) is 52.8. The number of benzene rings is 2. The lowest BCUT2D eigenvalue weighted by Crippen LogP contribution is -2.55. The molecular weight excluding hydrogens is 665 g/mol. The molecule has 0 fully saturated rings. The second kappa shape index (κ2) is 17.9. The number of likely N-dealkylation sites (N-methyl/N-ethyl adjacent to an activating group) is 1. The quantitative estimate of drug-likeness (QED) is 0.143. The number of anilines is 1. The van der Waals surface area contributed by atoms with E-state index in [0.717, 1.165) is 21.7 Å². The van der Waals surface area contributed by atoms with Crippen molar-refractivity contribution in [3.8, 4) is 0 Å². The van der Waals surface area contributed by atoms with Gasteiger partial charge in [-0.3, -0.25) is 23.5 Å². The van der Waals surface area contributed by atoms with Gasteiger partial charge in [0.1, 0.15) is 6.04 Å².